The highest BCUT2D eigenvalue weighted by atomic mass is 14.9. The molecular weight excluding hydrogens is 152 g/mol. The van der Waals surface area contributed by atoms with E-state index in [1.165, 1.54) is 0 Å². The summed E-state index contributed by atoms with van der Waals surface area (Å²) >= 11 is 0. The van der Waals surface area contributed by atoms with Crippen LogP contribution in [-0.4, -0.2) is 54.4 Å². The second kappa shape index (κ2) is 17.1. The summed E-state index contributed by atoms with van der Waals surface area (Å²) in [5, 5.41) is 12.0. The second-order valence-electron chi connectivity index (χ2n) is 2.41. The summed E-state index contributed by atoms with van der Waals surface area (Å²) in [7, 11) is 7.77. The first kappa shape index (κ1) is 14.4. The van der Waals surface area contributed by atoms with Crippen LogP contribution in [0.3, 0.4) is 0 Å². The van der Waals surface area contributed by atoms with Crippen molar-refractivity contribution in [2.75, 3.05) is 54.4 Å². The fourth-order valence-corrected chi connectivity index (χ4v) is 0.500. The van der Waals surface area contributed by atoms with Gasteiger partial charge in [0.15, 0.2) is 0 Å². The molecule has 0 aliphatic rings. The molecule has 0 heterocycles. The van der Waals surface area contributed by atoms with Crippen molar-refractivity contribution in [3.8, 4) is 0 Å². The molecule has 4 heteroatoms. The first-order chi connectivity index (χ1) is 5.83. The normalized spacial score (nSPS) is 9.00. The topological polar surface area (TPSA) is 48.1 Å². The van der Waals surface area contributed by atoms with E-state index in [1.54, 1.807) is 0 Å². The first-order valence-corrected chi connectivity index (χ1v) is 4.41. The van der Waals surface area contributed by atoms with Crippen molar-refractivity contribution in [2.45, 2.75) is 0 Å². The summed E-state index contributed by atoms with van der Waals surface area (Å²) < 4.78 is 0. The van der Waals surface area contributed by atoms with Gasteiger partial charge in [-0.25, -0.2) is 0 Å². The Labute approximate surface area is 76.5 Å². The van der Waals surface area contributed by atoms with Gasteiger partial charge in [0.05, 0.1) is 0 Å². The quantitative estimate of drug-likeness (QED) is 0.386. The van der Waals surface area contributed by atoms with Crippen molar-refractivity contribution in [3.05, 3.63) is 0 Å². The van der Waals surface area contributed by atoms with Crippen molar-refractivity contribution in [1.82, 2.24) is 21.3 Å². The lowest BCUT2D eigenvalue weighted by molar-refractivity contribution is 0.718. The molecule has 0 aromatic heterocycles. The fraction of sp³-hybridized carbons (Fsp3) is 1.00. The van der Waals surface area contributed by atoms with Gasteiger partial charge < -0.3 is 21.3 Å². The molecule has 0 aliphatic carbocycles. The predicted molar refractivity (Wildman–Crippen MR) is 55.7 cm³/mol. The molecule has 0 radical (unpaired) electrons. The second-order valence-corrected chi connectivity index (χ2v) is 2.41. The molecule has 0 fully saturated rings. The van der Waals surface area contributed by atoms with Gasteiger partial charge >= 0.3 is 0 Å². The lowest BCUT2D eigenvalue weighted by Crippen LogP contribution is -2.21. The maximum Gasteiger partial charge on any atom is 0.00736 e. The van der Waals surface area contributed by atoms with E-state index in [9.17, 15) is 0 Å². The number of rotatable bonds is 6. The monoisotopic (exact) mass is 176 g/mol. The van der Waals surface area contributed by atoms with Gasteiger partial charge in [-0.2, -0.15) is 0 Å². The molecule has 0 aliphatic heterocycles. The summed E-state index contributed by atoms with van der Waals surface area (Å²) in [6.07, 6.45) is 0. The largest absolute Gasteiger partial charge is 0.318 e. The molecule has 0 aromatic carbocycles. The molecule has 0 unspecified atom stereocenters. The number of nitrogens with one attached hydrogen (secondary N) is 4. The van der Waals surface area contributed by atoms with Crippen LogP contribution in [0.15, 0.2) is 0 Å². The summed E-state index contributed by atoms with van der Waals surface area (Å²) in [6, 6.07) is 0. The standard InChI is InChI=1S/2C4H12N2/c2*1-5-3-4-6-2/h2*5-6H,3-4H2,1-2H3. The maximum absolute atomic E-state index is 3.01. The van der Waals surface area contributed by atoms with Crippen LogP contribution in [0, 0.1) is 0 Å². The van der Waals surface area contributed by atoms with Crippen LogP contribution in [0.2, 0.25) is 0 Å². The van der Waals surface area contributed by atoms with E-state index in [0.717, 1.165) is 26.2 Å². The molecule has 0 atom stereocenters. The van der Waals surface area contributed by atoms with Gasteiger partial charge in [-0.1, -0.05) is 0 Å². The Kier molecular flexibility index (Phi) is 20.4. The Balaban J connectivity index is 0. The van der Waals surface area contributed by atoms with E-state index in [2.05, 4.69) is 21.3 Å². The molecule has 12 heavy (non-hydrogen) atoms. The zero-order chi connectivity index (χ0) is 9.66. The number of likely N-dealkylation sites (N-methyl/N-ethyl adjacent to an activating group) is 4. The fourth-order valence-electron chi connectivity index (χ4n) is 0.500. The van der Waals surface area contributed by atoms with E-state index < -0.39 is 0 Å². The van der Waals surface area contributed by atoms with Gasteiger partial charge in [-0.15, -0.1) is 0 Å². The Morgan fingerprint density at radius 1 is 0.500 bits per heavy atom. The van der Waals surface area contributed by atoms with Crippen molar-refractivity contribution in [1.29, 1.82) is 0 Å². The highest BCUT2D eigenvalue weighted by Crippen LogP contribution is 1.45. The summed E-state index contributed by atoms with van der Waals surface area (Å²) in [5.41, 5.74) is 0. The van der Waals surface area contributed by atoms with Crippen molar-refractivity contribution >= 4 is 0 Å². The van der Waals surface area contributed by atoms with Crippen molar-refractivity contribution in [2.24, 2.45) is 0 Å². The van der Waals surface area contributed by atoms with Crippen LogP contribution < -0.4 is 21.3 Å². The van der Waals surface area contributed by atoms with Crippen LogP contribution in [0.25, 0.3) is 0 Å². The Bertz CT molecular complexity index is 43.0. The van der Waals surface area contributed by atoms with Crippen LogP contribution in [0.5, 0.6) is 0 Å². The minimum absolute atomic E-state index is 1.05. The molecule has 0 rings (SSSR count). The van der Waals surface area contributed by atoms with Gasteiger partial charge in [0.25, 0.3) is 0 Å². The lowest BCUT2D eigenvalue weighted by atomic mass is 10.6. The highest BCUT2D eigenvalue weighted by Gasteiger charge is 1.71. The molecule has 4 nitrogen and oxygen atoms in total. The van der Waals surface area contributed by atoms with E-state index >= 15 is 0 Å². The average Bonchev–Trinajstić information content (AvgIpc) is 2.12. The third-order valence-corrected chi connectivity index (χ3v) is 1.25. The van der Waals surface area contributed by atoms with Crippen LogP contribution in [-0.2, 0) is 0 Å². The predicted octanol–water partition coefficient (Wildman–Crippen LogP) is -1.15. The minimum atomic E-state index is 1.05. The van der Waals surface area contributed by atoms with E-state index in [1.807, 2.05) is 28.2 Å². The third-order valence-electron chi connectivity index (χ3n) is 1.25. The molecule has 0 spiro atoms. The summed E-state index contributed by atoms with van der Waals surface area (Å²) in [5.74, 6) is 0. The maximum atomic E-state index is 3.01. The van der Waals surface area contributed by atoms with E-state index in [4.69, 9.17) is 0 Å². The van der Waals surface area contributed by atoms with E-state index in [0.29, 0.717) is 0 Å². The minimum Gasteiger partial charge on any atom is -0.318 e. The van der Waals surface area contributed by atoms with Crippen LogP contribution in [0.1, 0.15) is 0 Å². The van der Waals surface area contributed by atoms with Crippen LogP contribution >= 0.6 is 0 Å². The smallest absolute Gasteiger partial charge is 0.00736 e. The Morgan fingerprint density at radius 3 is 0.750 bits per heavy atom. The van der Waals surface area contributed by atoms with Gasteiger partial charge in [-0.3, -0.25) is 0 Å². The average molecular weight is 176 g/mol. The van der Waals surface area contributed by atoms with E-state index in [-0.39, 0.29) is 0 Å². The van der Waals surface area contributed by atoms with Crippen molar-refractivity contribution < 1.29 is 0 Å². The van der Waals surface area contributed by atoms with Crippen molar-refractivity contribution in [3.63, 3.8) is 0 Å². The molecular formula is C8H24N4. The number of hydrogen-bond donors (Lipinski definition) is 4. The Morgan fingerprint density at radius 2 is 0.667 bits per heavy atom. The van der Waals surface area contributed by atoms with Gasteiger partial charge in [-0.05, 0) is 28.2 Å². The molecule has 76 valence electrons. The lowest BCUT2D eigenvalue weighted by Gasteiger charge is -1.92. The third kappa shape index (κ3) is 22.5. The number of hydrogen-bond acceptors (Lipinski definition) is 4. The SMILES string of the molecule is CNCCNC.CNCCNC. The van der Waals surface area contributed by atoms with Gasteiger partial charge in [0, 0.05) is 26.2 Å². The summed E-state index contributed by atoms with van der Waals surface area (Å²) in [4.78, 5) is 0. The summed E-state index contributed by atoms with van der Waals surface area (Å²) in [6.45, 7) is 4.21. The molecule has 4 N–H and O–H groups in total. The zero-order valence-corrected chi connectivity index (χ0v) is 8.83. The first-order valence-electron chi connectivity index (χ1n) is 4.41. The zero-order valence-electron chi connectivity index (χ0n) is 8.83. The Hall–Kier alpha value is -0.160. The molecule has 0 saturated carbocycles. The highest BCUT2D eigenvalue weighted by molar-refractivity contribution is 4.39. The molecule has 0 saturated heterocycles. The molecule has 0 amide bonds. The molecule has 0 aromatic rings. The van der Waals surface area contributed by atoms with Gasteiger partial charge in [0.2, 0.25) is 0 Å². The molecule has 0 bridgehead atoms. The van der Waals surface area contributed by atoms with Gasteiger partial charge in [0.1, 0.15) is 0 Å². The van der Waals surface area contributed by atoms with Crippen LogP contribution in [0.4, 0.5) is 0 Å².